The lowest BCUT2D eigenvalue weighted by molar-refractivity contribution is 0.0600. The first-order chi connectivity index (χ1) is 11.1. The van der Waals surface area contributed by atoms with E-state index < -0.39 is 11.9 Å². The maximum absolute atomic E-state index is 12.4. The summed E-state index contributed by atoms with van der Waals surface area (Å²) in [6, 6.07) is 13.9. The number of carbonyl (C=O) groups is 2. The van der Waals surface area contributed by atoms with E-state index in [1.165, 1.54) is 18.4 Å². The number of ether oxygens (including phenoxy) is 2. The zero-order valence-electron chi connectivity index (χ0n) is 12.0. The Morgan fingerprint density at radius 3 is 2.43 bits per heavy atom. The largest absolute Gasteiger partial charge is 0.465 e. The van der Waals surface area contributed by atoms with E-state index in [9.17, 15) is 9.59 Å². The van der Waals surface area contributed by atoms with Gasteiger partial charge in [0.15, 0.2) is 10.6 Å². The molecule has 0 atom stereocenters. The number of rotatable bonds is 3. The summed E-state index contributed by atoms with van der Waals surface area (Å²) in [5.41, 5.74) is 0.236. The number of carbonyl (C=O) groups excluding carboxylic acids is 2. The molecule has 0 unspecified atom stereocenters. The van der Waals surface area contributed by atoms with Crippen LogP contribution in [0.25, 0.3) is 10.1 Å². The molecule has 0 aliphatic heterocycles. The van der Waals surface area contributed by atoms with E-state index in [0.717, 1.165) is 4.70 Å². The van der Waals surface area contributed by atoms with Gasteiger partial charge in [-0.15, -0.1) is 11.3 Å². The van der Waals surface area contributed by atoms with Gasteiger partial charge in [0, 0.05) is 10.1 Å². The predicted octanol–water partition coefficient (Wildman–Crippen LogP) is 4.56. The summed E-state index contributed by atoms with van der Waals surface area (Å²) in [7, 11) is 1.28. The van der Waals surface area contributed by atoms with E-state index in [1.807, 2.05) is 18.2 Å². The Morgan fingerprint density at radius 2 is 1.70 bits per heavy atom. The van der Waals surface area contributed by atoms with Crippen molar-refractivity contribution in [1.82, 2.24) is 0 Å². The summed E-state index contributed by atoms with van der Waals surface area (Å²) in [4.78, 5) is 24.6. The number of thiophene rings is 1. The number of hydrogen-bond donors (Lipinski definition) is 0. The summed E-state index contributed by atoms with van der Waals surface area (Å²) >= 11 is 7.23. The Balaban J connectivity index is 2.07. The molecule has 4 nitrogen and oxygen atoms in total. The first kappa shape index (κ1) is 15.5. The fourth-order valence-electron chi connectivity index (χ4n) is 2.12. The van der Waals surface area contributed by atoms with Gasteiger partial charge in [-0.25, -0.2) is 9.59 Å². The Hall–Kier alpha value is -2.37. The minimum absolute atomic E-state index is 0.197. The number of hydrogen-bond acceptors (Lipinski definition) is 5. The molecular formula is C17H11ClO4S. The van der Waals surface area contributed by atoms with Gasteiger partial charge in [-0.1, -0.05) is 35.9 Å². The topological polar surface area (TPSA) is 52.6 Å². The molecular weight excluding hydrogens is 336 g/mol. The second-order valence-electron chi connectivity index (χ2n) is 4.62. The first-order valence-electron chi connectivity index (χ1n) is 6.68. The summed E-state index contributed by atoms with van der Waals surface area (Å²) < 4.78 is 11.1. The Labute approximate surface area is 141 Å². The monoisotopic (exact) mass is 346 g/mol. The van der Waals surface area contributed by atoms with E-state index >= 15 is 0 Å². The third-order valence-corrected chi connectivity index (χ3v) is 4.67. The summed E-state index contributed by atoms with van der Waals surface area (Å²) in [5, 5.41) is 0.968. The molecule has 0 aliphatic carbocycles. The van der Waals surface area contributed by atoms with Gasteiger partial charge in [0.25, 0.3) is 0 Å². The van der Waals surface area contributed by atoms with E-state index in [-0.39, 0.29) is 21.2 Å². The average molecular weight is 347 g/mol. The van der Waals surface area contributed by atoms with Gasteiger partial charge in [-0.2, -0.15) is 0 Å². The normalized spacial score (nSPS) is 10.5. The minimum atomic E-state index is -0.621. The van der Waals surface area contributed by atoms with Crippen LogP contribution in [-0.2, 0) is 4.74 Å². The van der Waals surface area contributed by atoms with Crippen molar-refractivity contribution >= 4 is 45.0 Å². The smallest absolute Gasteiger partial charge is 0.351 e. The maximum atomic E-state index is 12.4. The summed E-state index contributed by atoms with van der Waals surface area (Å²) in [6.07, 6.45) is 0. The lowest BCUT2D eigenvalue weighted by atomic mass is 10.2. The maximum Gasteiger partial charge on any atom is 0.351 e. The van der Waals surface area contributed by atoms with Crippen molar-refractivity contribution in [3.05, 3.63) is 64.0 Å². The van der Waals surface area contributed by atoms with Crippen LogP contribution in [0.4, 0.5) is 0 Å². The molecule has 1 aromatic heterocycles. The van der Waals surface area contributed by atoms with Gasteiger partial charge >= 0.3 is 11.9 Å². The third kappa shape index (κ3) is 2.93. The highest BCUT2D eigenvalue weighted by Gasteiger charge is 2.23. The molecule has 0 bridgehead atoms. The number of esters is 2. The van der Waals surface area contributed by atoms with Crippen molar-refractivity contribution in [2.75, 3.05) is 7.11 Å². The van der Waals surface area contributed by atoms with Crippen LogP contribution in [0.1, 0.15) is 20.0 Å². The van der Waals surface area contributed by atoms with Gasteiger partial charge in [0.1, 0.15) is 0 Å². The molecule has 3 rings (SSSR count). The molecule has 0 aliphatic rings. The molecule has 3 aromatic rings. The molecule has 2 aromatic carbocycles. The first-order valence-corrected chi connectivity index (χ1v) is 7.88. The van der Waals surface area contributed by atoms with Crippen molar-refractivity contribution in [2.24, 2.45) is 0 Å². The van der Waals surface area contributed by atoms with Crippen LogP contribution in [-0.4, -0.2) is 19.0 Å². The van der Waals surface area contributed by atoms with E-state index in [0.29, 0.717) is 5.39 Å². The SMILES string of the molecule is COC(=O)c1sc2ccccc2c1OC(=O)c1ccccc1Cl. The standard InChI is InChI=1S/C17H11ClO4S/c1-21-17(20)15-14(11-7-3-5-9-13(11)23-15)22-16(19)10-6-2-4-8-12(10)18/h2-9H,1H3. The number of methoxy groups -OCH3 is 1. The molecule has 0 N–H and O–H groups in total. The molecule has 0 radical (unpaired) electrons. The molecule has 0 fully saturated rings. The molecule has 0 amide bonds. The molecule has 0 spiro atoms. The van der Waals surface area contributed by atoms with Crippen LogP contribution in [0.2, 0.25) is 5.02 Å². The number of fused-ring (bicyclic) bond motifs is 1. The van der Waals surface area contributed by atoms with Crippen LogP contribution in [0.15, 0.2) is 48.5 Å². The molecule has 6 heteroatoms. The average Bonchev–Trinajstić information content (AvgIpc) is 2.93. The van der Waals surface area contributed by atoms with Gasteiger partial charge in [0.2, 0.25) is 0 Å². The van der Waals surface area contributed by atoms with Gasteiger partial charge in [-0.3, -0.25) is 0 Å². The van der Waals surface area contributed by atoms with Crippen LogP contribution in [0, 0.1) is 0 Å². The quantitative estimate of drug-likeness (QED) is 0.652. The van der Waals surface area contributed by atoms with Crippen LogP contribution in [0.5, 0.6) is 5.75 Å². The fourth-order valence-corrected chi connectivity index (χ4v) is 3.39. The number of halogens is 1. The van der Waals surface area contributed by atoms with Crippen molar-refractivity contribution in [1.29, 1.82) is 0 Å². The highest BCUT2D eigenvalue weighted by molar-refractivity contribution is 7.21. The van der Waals surface area contributed by atoms with Crippen molar-refractivity contribution in [3.8, 4) is 5.75 Å². The predicted molar refractivity (Wildman–Crippen MR) is 89.6 cm³/mol. The minimum Gasteiger partial charge on any atom is -0.465 e. The zero-order valence-corrected chi connectivity index (χ0v) is 13.6. The van der Waals surface area contributed by atoms with Crippen LogP contribution in [0.3, 0.4) is 0 Å². The van der Waals surface area contributed by atoms with Gasteiger partial charge in [0.05, 0.1) is 17.7 Å². The lowest BCUT2D eigenvalue weighted by Gasteiger charge is -2.06. The van der Waals surface area contributed by atoms with Crippen LogP contribution < -0.4 is 4.74 Å². The molecule has 116 valence electrons. The molecule has 1 heterocycles. The van der Waals surface area contributed by atoms with Gasteiger partial charge in [-0.05, 0) is 24.3 Å². The van der Waals surface area contributed by atoms with Gasteiger partial charge < -0.3 is 9.47 Å². The van der Waals surface area contributed by atoms with Crippen molar-refractivity contribution in [2.45, 2.75) is 0 Å². The van der Waals surface area contributed by atoms with Crippen LogP contribution >= 0.6 is 22.9 Å². The zero-order chi connectivity index (χ0) is 16.4. The summed E-state index contributed by atoms with van der Waals surface area (Å²) in [5.74, 6) is -0.972. The molecule has 23 heavy (non-hydrogen) atoms. The van der Waals surface area contributed by atoms with E-state index in [1.54, 1.807) is 30.3 Å². The fraction of sp³-hybridized carbons (Fsp3) is 0.0588. The third-order valence-electron chi connectivity index (χ3n) is 3.21. The summed E-state index contributed by atoms with van der Waals surface area (Å²) in [6.45, 7) is 0. The van der Waals surface area contributed by atoms with Crippen molar-refractivity contribution in [3.63, 3.8) is 0 Å². The Bertz CT molecular complexity index is 900. The Kier molecular flexibility index (Phi) is 4.32. The van der Waals surface area contributed by atoms with Crippen molar-refractivity contribution < 1.29 is 19.1 Å². The second kappa shape index (κ2) is 6.40. The number of benzene rings is 2. The molecule has 0 saturated heterocycles. The lowest BCUT2D eigenvalue weighted by Crippen LogP contribution is -2.11. The highest BCUT2D eigenvalue weighted by Crippen LogP contribution is 2.38. The molecule has 0 saturated carbocycles. The van der Waals surface area contributed by atoms with E-state index in [2.05, 4.69) is 0 Å². The Morgan fingerprint density at radius 1 is 1.00 bits per heavy atom. The van der Waals surface area contributed by atoms with E-state index in [4.69, 9.17) is 21.1 Å². The highest BCUT2D eigenvalue weighted by atomic mass is 35.5. The second-order valence-corrected chi connectivity index (χ2v) is 6.08.